The number of nitrogens with zero attached hydrogens (tertiary/aromatic N) is 2. The van der Waals surface area contributed by atoms with Gasteiger partial charge in [-0.15, -0.1) is 0 Å². The highest BCUT2D eigenvalue weighted by Gasteiger charge is 2.64. The number of aliphatic hydroxyl groups excluding tert-OH is 2. The quantitative estimate of drug-likeness (QED) is 0.298. The number of nitrogens with two attached hydrogens (primary N) is 1. The second kappa shape index (κ2) is 10.6. The van der Waals surface area contributed by atoms with Crippen LogP contribution in [0, 0.1) is 17.8 Å². The molecular weight excluding hydrogens is 559 g/mol. The fraction of sp³-hybridized carbons (Fsp3) is 0.552. The Labute approximate surface area is 240 Å². The molecule has 5 unspecified atom stereocenters. The first-order chi connectivity index (χ1) is 19.3. The van der Waals surface area contributed by atoms with E-state index < -0.39 is 82.3 Å². The average Bonchev–Trinajstić information content (AvgIpc) is 2.84. The number of fused-ring (bicyclic) bond motifs is 3. The zero-order chi connectivity index (χ0) is 31.6. The number of carbonyl (C=O) groups excluding carboxylic acids is 3. The highest BCUT2D eigenvalue weighted by atomic mass is 19.4. The number of hydrogen-bond donors (Lipinski definition) is 5. The number of aryl methyl sites for hydroxylation is 1. The van der Waals surface area contributed by atoms with E-state index in [1.54, 1.807) is 25.1 Å². The van der Waals surface area contributed by atoms with E-state index in [0.717, 1.165) is 0 Å². The number of carbonyl (C=O) groups is 3. The third-order valence-electron chi connectivity index (χ3n) is 8.74. The van der Waals surface area contributed by atoms with Crippen LogP contribution >= 0.6 is 0 Å². The smallest absolute Gasteiger partial charge is 0.389 e. The van der Waals surface area contributed by atoms with Gasteiger partial charge in [0.1, 0.15) is 22.8 Å². The number of hydrogen-bond acceptors (Lipinski definition) is 9. The lowest BCUT2D eigenvalue weighted by molar-refractivity contribution is -0.153. The maximum atomic E-state index is 14.0. The normalized spacial score (nSPS) is 26.7. The SMILES string of the molecule is CC(CCc1cc(N(C)C)c2c(c1O)C(O)=C1C(=O)C3(O)C(O)=C(C(N)=O)C(=O)C(N(C)C)C3CC1C2)CC(F)(F)F. The number of amides is 1. The van der Waals surface area contributed by atoms with E-state index in [4.69, 9.17) is 5.73 Å². The van der Waals surface area contributed by atoms with Crippen LogP contribution in [-0.2, 0) is 27.2 Å². The Bertz CT molecular complexity index is 1420. The molecule has 4 rings (SSSR count). The molecular formula is C29H36F3N3O7. The third-order valence-corrected chi connectivity index (χ3v) is 8.74. The second-order valence-corrected chi connectivity index (χ2v) is 12.1. The number of rotatable bonds is 7. The Kier molecular flexibility index (Phi) is 7.92. The van der Waals surface area contributed by atoms with E-state index in [-0.39, 0.29) is 42.4 Å². The molecule has 0 spiro atoms. The molecule has 6 N–H and O–H groups in total. The number of aliphatic hydroxyl groups is 3. The standard InChI is InChI=1S/C29H36F3N3O7/c1-12(11-28(30,31)32)6-7-13-10-17(34(2)3)15-8-14-9-16-21(35(4)5)24(38)20(27(33)41)26(40)29(16,42)25(39)18(14)23(37)19(15)22(13)36/h10,12,14,16,21,36-37,40,42H,6-9,11H2,1-5H3,(H2,33,41). The van der Waals surface area contributed by atoms with Crippen LogP contribution < -0.4 is 10.6 Å². The molecule has 1 aromatic carbocycles. The van der Waals surface area contributed by atoms with Crippen LogP contribution in [0.2, 0.25) is 0 Å². The van der Waals surface area contributed by atoms with Gasteiger partial charge in [0.2, 0.25) is 5.78 Å². The molecule has 0 aliphatic heterocycles. The van der Waals surface area contributed by atoms with E-state index >= 15 is 0 Å². The molecule has 10 nitrogen and oxygen atoms in total. The van der Waals surface area contributed by atoms with E-state index in [9.17, 15) is 48.0 Å². The van der Waals surface area contributed by atoms with E-state index in [2.05, 4.69) is 0 Å². The Morgan fingerprint density at radius 1 is 1.17 bits per heavy atom. The van der Waals surface area contributed by atoms with Gasteiger partial charge < -0.3 is 31.1 Å². The molecule has 1 saturated carbocycles. The number of primary amides is 1. The van der Waals surface area contributed by atoms with Crippen LogP contribution in [0.3, 0.4) is 0 Å². The summed E-state index contributed by atoms with van der Waals surface area (Å²) in [5.74, 6) is -8.17. The first kappa shape index (κ1) is 31.4. The van der Waals surface area contributed by atoms with Crippen molar-refractivity contribution in [1.29, 1.82) is 0 Å². The molecule has 0 aromatic heterocycles. The highest BCUT2D eigenvalue weighted by molar-refractivity contribution is 6.24. The molecule has 42 heavy (non-hydrogen) atoms. The summed E-state index contributed by atoms with van der Waals surface area (Å²) in [7, 11) is 6.49. The van der Waals surface area contributed by atoms with E-state index in [1.165, 1.54) is 25.9 Å². The van der Waals surface area contributed by atoms with Crippen LogP contribution in [0.25, 0.3) is 5.76 Å². The summed E-state index contributed by atoms with van der Waals surface area (Å²) in [6.45, 7) is 1.45. The summed E-state index contributed by atoms with van der Waals surface area (Å²) in [5, 5.41) is 45.5. The molecule has 1 amide bonds. The lowest BCUT2D eigenvalue weighted by Crippen LogP contribution is -2.65. The third kappa shape index (κ3) is 4.91. The predicted octanol–water partition coefficient (Wildman–Crippen LogP) is 2.55. The van der Waals surface area contributed by atoms with Gasteiger partial charge >= 0.3 is 6.18 Å². The van der Waals surface area contributed by atoms with Crippen LogP contribution in [0.5, 0.6) is 5.75 Å². The predicted molar refractivity (Wildman–Crippen MR) is 147 cm³/mol. The molecule has 3 aliphatic carbocycles. The van der Waals surface area contributed by atoms with Crippen molar-refractivity contribution >= 4 is 28.9 Å². The maximum absolute atomic E-state index is 14.0. The first-order valence-electron chi connectivity index (χ1n) is 13.6. The van der Waals surface area contributed by atoms with Gasteiger partial charge in [0, 0.05) is 37.7 Å². The molecule has 13 heteroatoms. The zero-order valence-corrected chi connectivity index (χ0v) is 24.0. The largest absolute Gasteiger partial charge is 0.508 e. The van der Waals surface area contributed by atoms with Crippen molar-refractivity contribution in [2.24, 2.45) is 23.5 Å². The highest BCUT2D eigenvalue weighted by Crippen LogP contribution is 2.54. The fourth-order valence-corrected chi connectivity index (χ4v) is 6.83. The van der Waals surface area contributed by atoms with E-state index in [0.29, 0.717) is 11.3 Å². The molecule has 0 saturated heterocycles. The Hall–Kier alpha value is -3.58. The Balaban J connectivity index is 1.87. The summed E-state index contributed by atoms with van der Waals surface area (Å²) in [6.07, 6.45) is -5.12. The van der Waals surface area contributed by atoms with Crippen molar-refractivity contribution in [3.63, 3.8) is 0 Å². The number of aromatic hydroxyl groups is 1. The number of Topliss-reactive ketones (excluding diaryl/α,β-unsaturated/α-hetero) is 2. The van der Waals surface area contributed by atoms with Crippen molar-refractivity contribution in [3.05, 3.63) is 39.7 Å². The minimum Gasteiger partial charge on any atom is -0.508 e. The number of ketones is 2. The first-order valence-corrected chi connectivity index (χ1v) is 13.6. The molecule has 1 fully saturated rings. The monoisotopic (exact) mass is 595 g/mol. The second-order valence-electron chi connectivity index (χ2n) is 12.1. The molecule has 0 bridgehead atoms. The molecule has 1 aromatic rings. The summed E-state index contributed by atoms with van der Waals surface area (Å²) >= 11 is 0. The van der Waals surface area contributed by atoms with Gasteiger partial charge in [-0.05, 0) is 68.8 Å². The summed E-state index contributed by atoms with van der Waals surface area (Å²) in [4.78, 5) is 42.5. The van der Waals surface area contributed by atoms with Gasteiger partial charge in [0.15, 0.2) is 11.4 Å². The van der Waals surface area contributed by atoms with Crippen molar-refractivity contribution in [3.8, 4) is 5.75 Å². The number of anilines is 1. The van der Waals surface area contributed by atoms with Gasteiger partial charge in [0.25, 0.3) is 5.91 Å². The number of phenolic OH excluding ortho intramolecular Hbond substituents is 1. The fourth-order valence-electron chi connectivity index (χ4n) is 6.83. The average molecular weight is 596 g/mol. The number of benzene rings is 1. The summed E-state index contributed by atoms with van der Waals surface area (Å²) in [5.41, 5.74) is 2.64. The maximum Gasteiger partial charge on any atom is 0.389 e. The number of likely N-dealkylation sites (N-methyl/N-ethyl adjacent to an activating group) is 1. The molecule has 3 aliphatic rings. The Morgan fingerprint density at radius 3 is 2.31 bits per heavy atom. The number of phenols is 1. The molecule has 230 valence electrons. The lowest BCUT2D eigenvalue weighted by Gasteiger charge is -2.50. The van der Waals surface area contributed by atoms with Crippen molar-refractivity contribution in [1.82, 2.24) is 4.90 Å². The molecule has 0 radical (unpaired) electrons. The summed E-state index contributed by atoms with van der Waals surface area (Å²) in [6, 6.07) is 0.457. The van der Waals surface area contributed by atoms with Gasteiger partial charge in [-0.3, -0.25) is 19.3 Å². The van der Waals surface area contributed by atoms with Crippen LogP contribution in [-0.4, -0.2) is 88.8 Å². The van der Waals surface area contributed by atoms with Crippen LogP contribution in [0.4, 0.5) is 18.9 Å². The minimum atomic E-state index is -4.34. The van der Waals surface area contributed by atoms with Crippen molar-refractivity contribution in [2.45, 2.75) is 56.8 Å². The van der Waals surface area contributed by atoms with Crippen molar-refractivity contribution in [2.75, 3.05) is 33.1 Å². The van der Waals surface area contributed by atoms with Crippen LogP contribution in [0.15, 0.2) is 23.0 Å². The van der Waals surface area contributed by atoms with Gasteiger partial charge in [-0.2, -0.15) is 13.2 Å². The summed E-state index contributed by atoms with van der Waals surface area (Å²) < 4.78 is 38.6. The number of halogens is 3. The van der Waals surface area contributed by atoms with Crippen LogP contribution in [0.1, 0.15) is 42.9 Å². The van der Waals surface area contributed by atoms with Gasteiger partial charge in [-0.25, -0.2) is 0 Å². The van der Waals surface area contributed by atoms with E-state index in [1.807, 2.05) is 0 Å². The van der Waals surface area contributed by atoms with Gasteiger partial charge in [0.05, 0.1) is 11.6 Å². The van der Waals surface area contributed by atoms with Gasteiger partial charge in [-0.1, -0.05) is 6.92 Å². The zero-order valence-electron chi connectivity index (χ0n) is 24.0. The topological polar surface area (TPSA) is 165 Å². The number of alkyl halides is 3. The molecule has 0 heterocycles. The Morgan fingerprint density at radius 2 is 1.79 bits per heavy atom. The molecule has 5 atom stereocenters. The lowest BCUT2D eigenvalue weighted by atomic mass is 9.57. The minimum absolute atomic E-state index is 0.0455. The van der Waals surface area contributed by atoms with Crippen molar-refractivity contribution < 1.29 is 48.0 Å².